The molecule has 0 saturated carbocycles. The number of hydrogen-bond donors (Lipinski definition) is 1. The van der Waals surface area contributed by atoms with Gasteiger partial charge in [-0.25, -0.2) is 0 Å². The van der Waals surface area contributed by atoms with E-state index in [1.165, 1.54) is 0 Å². The average Bonchev–Trinajstić information content (AvgIpc) is 2.14. The molecule has 0 bridgehead atoms. The summed E-state index contributed by atoms with van der Waals surface area (Å²) in [5.41, 5.74) is 0. The zero-order chi connectivity index (χ0) is 9.52. The molecule has 0 heterocycles. The highest BCUT2D eigenvalue weighted by molar-refractivity contribution is 5.66. The van der Waals surface area contributed by atoms with E-state index in [-0.39, 0.29) is 6.42 Å². The predicted octanol–water partition coefficient (Wildman–Crippen LogP) is 1.73. The van der Waals surface area contributed by atoms with E-state index < -0.39 is 5.97 Å². The number of ether oxygens (including phenoxy) is 1. The fraction of sp³-hybridized carbons (Fsp3) is 0.300. The molecule has 1 aromatic carbocycles. The molecule has 0 spiro atoms. The van der Waals surface area contributed by atoms with E-state index in [4.69, 9.17) is 9.84 Å². The topological polar surface area (TPSA) is 46.5 Å². The minimum absolute atomic E-state index is 0.149. The monoisotopic (exact) mass is 179 g/mol. The maximum Gasteiger partial charge on any atom is 0.303 e. The molecule has 13 heavy (non-hydrogen) atoms. The highest BCUT2D eigenvalue weighted by Crippen LogP contribution is 2.08. The van der Waals surface area contributed by atoms with Gasteiger partial charge in [-0.3, -0.25) is 4.79 Å². The molecule has 0 aliphatic rings. The van der Waals surface area contributed by atoms with Crippen molar-refractivity contribution in [1.29, 1.82) is 0 Å². The number of aliphatic carboxylic acids is 1. The van der Waals surface area contributed by atoms with E-state index in [2.05, 4.69) is 6.07 Å². The molecule has 0 unspecified atom stereocenters. The fourth-order valence-electron chi connectivity index (χ4n) is 0.880. The number of rotatable bonds is 5. The smallest absolute Gasteiger partial charge is 0.303 e. The Kier molecular flexibility index (Phi) is 3.82. The lowest BCUT2D eigenvalue weighted by Crippen LogP contribution is -2.01. The summed E-state index contributed by atoms with van der Waals surface area (Å²) in [7, 11) is 0. The lowest BCUT2D eigenvalue weighted by molar-refractivity contribution is -0.137. The van der Waals surface area contributed by atoms with E-state index in [9.17, 15) is 4.79 Å². The number of carboxylic acids is 1. The minimum Gasteiger partial charge on any atom is -0.494 e. The van der Waals surface area contributed by atoms with Gasteiger partial charge in [0.25, 0.3) is 0 Å². The molecule has 0 amide bonds. The predicted molar refractivity (Wildman–Crippen MR) is 47.6 cm³/mol. The van der Waals surface area contributed by atoms with E-state index in [0.29, 0.717) is 13.0 Å². The summed E-state index contributed by atoms with van der Waals surface area (Å²) < 4.78 is 5.26. The van der Waals surface area contributed by atoms with Crippen LogP contribution in [0.2, 0.25) is 0 Å². The lowest BCUT2D eigenvalue weighted by Gasteiger charge is -2.03. The first-order valence-electron chi connectivity index (χ1n) is 4.10. The zero-order valence-corrected chi connectivity index (χ0v) is 7.19. The summed E-state index contributed by atoms with van der Waals surface area (Å²) in [5.74, 6) is -0.0592. The third-order valence-corrected chi connectivity index (χ3v) is 1.48. The molecule has 1 aromatic rings. The van der Waals surface area contributed by atoms with Gasteiger partial charge in [0.15, 0.2) is 0 Å². The van der Waals surface area contributed by atoms with Gasteiger partial charge in [-0.15, -0.1) is 0 Å². The van der Waals surface area contributed by atoms with Crippen molar-refractivity contribution < 1.29 is 14.6 Å². The van der Waals surface area contributed by atoms with Gasteiger partial charge in [0, 0.05) is 6.42 Å². The Morgan fingerprint density at radius 2 is 2.46 bits per heavy atom. The molecule has 1 N–H and O–H groups in total. The van der Waals surface area contributed by atoms with Gasteiger partial charge < -0.3 is 9.84 Å². The summed E-state index contributed by atoms with van der Waals surface area (Å²) in [6.07, 6.45) is 0.681. The summed E-state index contributed by atoms with van der Waals surface area (Å²) >= 11 is 0. The Labute approximate surface area is 77.0 Å². The third kappa shape index (κ3) is 4.15. The molecule has 0 saturated heterocycles. The van der Waals surface area contributed by atoms with Gasteiger partial charge in [0.1, 0.15) is 5.75 Å². The van der Waals surface area contributed by atoms with Crippen molar-refractivity contribution in [1.82, 2.24) is 0 Å². The SMILES string of the molecule is O=C(O)CCCOc1c[c]ccc1. The van der Waals surface area contributed by atoms with Gasteiger partial charge in [-0.2, -0.15) is 0 Å². The molecule has 0 fully saturated rings. The maximum atomic E-state index is 10.1. The van der Waals surface area contributed by atoms with E-state index in [1.807, 2.05) is 12.1 Å². The van der Waals surface area contributed by atoms with Gasteiger partial charge >= 0.3 is 5.97 Å². The summed E-state index contributed by atoms with van der Waals surface area (Å²) in [4.78, 5) is 10.1. The Balaban J connectivity index is 2.17. The van der Waals surface area contributed by atoms with Crippen LogP contribution in [0.5, 0.6) is 5.75 Å². The van der Waals surface area contributed by atoms with E-state index in [1.54, 1.807) is 12.1 Å². The van der Waals surface area contributed by atoms with Gasteiger partial charge in [0.2, 0.25) is 0 Å². The van der Waals surface area contributed by atoms with Crippen molar-refractivity contribution in [3.63, 3.8) is 0 Å². The van der Waals surface area contributed by atoms with Crippen molar-refractivity contribution in [3.05, 3.63) is 30.3 Å². The van der Waals surface area contributed by atoms with Crippen molar-refractivity contribution >= 4 is 5.97 Å². The molecule has 1 radical (unpaired) electrons. The van der Waals surface area contributed by atoms with Crippen molar-refractivity contribution in [2.24, 2.45) is 0 Å². The summed E-state index contributed by atoms with van der Waals surface area (Å²) in [6, 6.07) is 10.0. The first-order valence-corrected chi connectivity index (χ1v) is 4.10. The second-order valence-corrected chi connectivity index (χ2v) is 2.58. The van der Waals surface area contributed by atoms with Crippen LogP contribution in [0, 0.1) is 6.07 Å². The fourth-order valence-corrected chi connectivity index (χ4v) is 0.880. The highest BCUT2D eigenvalue weighted by Gasteiger charge is 1.96. The molecule has 0 aromatic heterocycles. The summed E-state index contributed by atoms with van der Waals surface area (Å²) in [6.45, 7) is 0.435. The Morgan fingerprint density at radius 1 is 1.62 bits per heavy atom. The molecule has 69 valence electrons. The maximum absolute atomic E-state index is 10.1. The van der Waals surface area contributed by atoms with Crippen LogP contribution in [0.4, 0.5) is 0 Å². The number of benzene rings is 1. The number of carboxylic acid groups (broad SMARTS) is 1. The van der Waals surface area contributed by atoms with Crippen LogP contribution in [0.25, 0.3) is 0 Å². The molecular formula is C10H11O3. The Bertz CT molecular complexity index is 256. The normalized spacial score (nSPS) is 9.54. The number of hydrogen-bond acceptors (Lipinski definition) is 2. The molecular weight excluding hydrogens is 168 g/mol. The number of carbonyl (C=O) groups is 1. The lowest BCUT2D eigenvalue weighted by atomic mass is 10.3. The van der Waals surface area contributed by atoms with E-state index >= 15 is 0 Å². The Hall–Kier alpha value is -1.51. The second kappa shape index (κ2) is 5.19. The van der Waals surface area contributed by atoms with Crippen LogP contribution in [0.15, 0.2) is 24.3 Å². The molecule has 0 aliphatic heterocycles. The van der Waals surface area contributed by atoms with Gasteiger partial charge in [-0.1, -0.05) is 12.1 Å². The summed E-state index contributed by atoms with van der Waals surface area (Å²) in [5, 5.41) is 8.35. The molecule has 0 aliphatic carbocycles. The van der Waals surface area contributed by atoms with Gasteiger partial charge in [-0.05, 0) is 24.6 Å². The molecule has 1 rings (SSSR count). The van der Waals surface area contributed by atoms with Crippen LogP contribution in [-0.4, -0.2) is 17.7 Å². The first-order chi connectivity index (χ1) is 6.29. The minimum atomic E-state index is -0.789. The molecule has 3 nitrogen and oxygen atoms in total. The second-order valence-electron chi connectivity index (χ2n) is 2.58. The van der Waals surface area contributed by atoms with Crippen molar-refractivity contribution in [2.45, 2.75) is 12.8 Å². The standard InChI is InChI=1S/C10H11O3/c11-10(12)7-4-8-13-9-5-2-1-3-6-9/h1-2,5-6H,4,7-8H2,(H,11,12). The zero-order valence-electron chi connectivity index (χ0n) is 7.19. The highest BCUT2D eigenvalue weighted by atomic mass is 16.5. The van der Waals surface area contributed by atoms with Crippen LogP contribution >= 0.6 is 0 Å². The van der Waals surface area contributed by atoms with Crippen molar-refractivity contribution in [3.8, 4) is 5.75 Å². The van der Waals surface area contributed by atoms with Gasteiger partial charge in [0.05, 0.1) is 6.61 Å². The quantitative estimate of drug-likeness (QED) is 0.700. The average molecular weight is 179 g/mol. The largest absolute Gasteiger partial charge is 0.494 e. The van der Waals surface area contributed by atoms with Crippen LogP contribution < -0.4 is 4.74 Å². The van der Waals surface area contributed by atoms with Crippen LogP contribution in [0.3, 0.4) is 0 Å². The van der Waals surface area contributed by atoms with Crippen molar-refractivity contribution in [2.75, 3.05) is 6.61 Å². The van der Waals surface area contributed by atoms with Crippen LogP contribution in [0.1, 0.15) is 12.8 Å². The van der Waals surface area contributed by atoms with E-state index in [0.717, 1.165) is 5.75 Å². The molecule has 3 heteroatoms. The Morgan fingerprint density at radius 3 is 3.08 bits per heavy atom. The first kappa shape index (κ1) is 9.58. The molecule has 0 atom stereocenters. The van der Waals surface area contributed by atoms with Crippen LogP contribution in [-0.2, 0) is 4.79 Å². The third-order valence-electron chi connectivity index (χ3n) is 1.48.